The molecule has 1 unspecified atom stereocenters. The fourth-order valence-electron chi connectivity index (χ4n) is 1.84. The van der Waals surface area contributed by atoms with E-state index in [1.807, 2.05) is 0 Å². The molecule has 116 valence electrons. The second-order valence-electron chi connectivity index (χ2n) is 4.44. The number of rotatable bonds is 6. The molecular formula is C12H16N2O6S. The van der Waals surface area contributed by atoms with Gasteiger partial charge in [0, 0.05) is 12.1 Å². The Morgan fingerprint density at radius 2 is 2.05 bits per heavy atom. The molecule has 0 saturated carbocycles. The first-order valence-corrected chi connectivity index (χ1v) is 7.72. The number of nitro groups is 1. The van der Waals surface area contributed by atoms with E-state index in [0.29, 0.717) is 5.56 Å². The molecule has 0 aliphatic carbocycles. The second kappa shape index (κ2) is 6.08. The Labute approximate surface area is 122 Å². The third-order valence-corrected chi connectivity index (χ3v) is 4.84. The second-order valence-corrected chi connectivity index (χ2v) is 6.57. The predicted octanol–water partition coefficient (Wildman–Crippen LogP) is 1.53. The number of nitro benzene ring substituents is 1. The minimum atomic E-state index is -3.83. The van der Waals surface area contributed by atoms with E-state index in [2.05, 4.69) is 0 Å². The molecule has 0 heterocycles. The zero-order valence-electron chi connectivity index (χ0n) is 11.8. The third kappa shape index (κ3) is 3.48. The first-order chi connectivity index (χ1) is 9.61. The molecule has 0 aromatic heterocycles. The Balaban J connectivity index is 3.47. The standard InChI is InChI=1S/C12H16N2O6S/c1-4-21(19,20)13(9(3)12(15)16)11-6-5-10(14(17)18)7-8(11)2/h5-7,9H,4H2,1-3H3,(H,15,16). The number of aliphatic carboxylic acids is 1. The average molecular weight is 316 g/mol. The molecule has 1 aromatic carbocycles. The van der Waals surface area contributed by atoms with Crippen LogP contribution in [-0.4, -0.2) is 36.2 Å². The summed E-state index contributed by atoms with van der Waals surface area (Å²) >= 11 is 0. The molecule has 1 atom stereocenters. The lowest BCUT2D eigenvalue weighted by Gasteiger charge is -2.28. The number of benzene rings is 1. The fraction of sp³-hybridized carbons (Fsp3) is 0.417. The molecular weight excluding hydrogens is 300 g/mol. The van der Waals surface area contributed by atoms with E-state index in [1.54, 1.807) is 0 Å². The fourth-order valence-corrected chi connectivity index (χ4v) is 3.19. The van der Waals surface area contributed by atoms with Gasteiger partial charge in [-0.25, -0.2) is 13.2 Å². The van der Waals surface area contributed by atoms with Gasteiger partial charge in [-0.15, -0.1) is 0 Å². The smallest absolute Gasteiger partial charge is 0.327 e. The van der Waals surface area contributed by atoms with Gasteiger partial charge < -0.3 is 5.11 Å². The van der Waals surface area contributed by atoms with E-state index in [1.165, 1.54) is 32.9 Å². The van der Waals surface area contributed by atoms with Crippen LogP contribution >= 0.6 is 0 Å². The highest BCUT2D eigenvalue weighted by Gasteiger charge is 2.32. The van der Waals surface area contributed by atoms with Gasteiger partial charge in [0.05, 0.1) is 16.4 Å². The number of non-ortho nitro benzene ring substituents is 1. The molecule has 0 bridgehead atoms. The average Bonchev–Trinajstić information content (AvgIpc) is 2.40. The van der Waals surface area contributed by atoms with Crippen molar-refractivity contribution in [2.45, 2.75) is 26.8 Å². The van der Waals surface area contributed by atoms with Gasteiger partial charge >= 0.3 is 5.97 Å². The highest BCUT2D eigenvalue weighted by molar-refractivity contribution is 7.92. The van der Waals surface area contributed by atoms with Crippen molar-refractivity contribution in [1.29, 1.82) is 0 Å². The summed E-state index contributed by atoms with van der Waals surface area (Å²) in [6.07, 6.45) is 0. The van der Waals surface area contributed by atoms with E-state index < -0.39 is 27.0 Å². The number of hydrogen-bond donors (Lipinski definition) is 1. The van der Waals surface area contributed by atoms with Gasteiger partial charge in [-0.1, -0.05) is 0 Å². The molecule has 9 heteroatoms. The lowest BCUT2D eigenvalue weighted by Crippen LogP contribution is -2.44. The van der Waals surface area contributed by atoms with Crippen LogP contribution < -0.4 is 4.31 Å². The lowest BCUT2D eigenvalue weighted by molar-refractivity contribution is -0.384. The van der Waals surface area contributed by atoms with Crippen molar-refractivity contribution < 1.29 is 23.2 Å². The van der Waals surface area contributed by atoms with Crippen LogP contribution in [0.5, 0.6) is 0 Å². The summed E-state index contributed by atoms with van der Waals surface area (Å²) in [6.45, 7) is 4.14. The number of carbonyl (C=O) groups is 1. The van der Waals surface area contributed by atoms with E-state index in [0.717, 1.165) is 10.4 Å². The lowest BCUT2D eigenvalue weighted by atomic mass is 10.1. The first-order valence-electron chi connectivity index (χ1n) is 6.11. The maximum Gasteiger partial charge on any atom is 0.327 e. The summed E-state index contributed by atoms with van der Waals surface area (Å²) in [5.74, 6) is -1.58. The van der Waals surface area contributed by atoms with Gasteiger partial charge in [0.2, 0.25) is 10.0 Å². The molecule has 1 N–H and O–H groups in total. The van der Waals surface area contributed by atoms with E-state index in [4.69, 9.17) is 5.11 Å². The number of hydrogen-bond acceptors (Lipinski definition) is 5. The van der Waals surface area contributed by atoms with Crippen molar-refractivity contribution in [3.63, 3.8) is 0 Å². The molecule has 0 amide bonds. The molecule has 0 aliphatic heterocycles. The minimum absolute atomic E-state index is 0.123. The Morgan fingerprint density at radius 1 is 1.48 bits per heavy atom. The monoisotopic (exact) mass is 316 g/mol. The van der Waals surface area contributed by atoms with E-state index in [-0.39, 0.29) is 17.1 Å². The van der Waals surface area contributed by atoms with Crippen molar-refractivity contribution >= 4 is 27.4 Å². The van der Waals surface area contributed by atoms with Gasteiger partial charge in [-0.05, 0) is 32.4 Å². The van der Waals surface area contributed by atoms with Crippen molar-refractivity contribution in [2.24, 2.45) is 0 Å². The quantitative estimate of drug-likeness (QED) is 0.628. The summed E-state index contributed by atoms with van der Waals surface area (Å²) in [6, 6.07) is 2.30. The number of carboxylic acid groups (broad SMARTS) is 1. The summed E-state index contributed by atoms with van der Waals surface area (Å²) in [5, 5.41) is 19.8. The normalized spacial score (nSPS) is 12.7. The minimum Gasteiger partial charge on any atom is -0.480 e. The van der Waals surface area contributed by atoms with Gasteiger partial charge in [-0.3, -0.25) is 14.4 Å². The molecule has 1 rings (SSSR count). The number of nitrogens with zero attached hydrogens (tertiary/aromatic N) is 2. The predicted molar refractivity (Wildman–Crippen MR) is 76.9 cm³/mol. The summed E-state index contributed by atoms with van der Waals surface area (Å²) < 4.78 is 25.1. The first kappa shape index (κ1) is 16.9. The molecule has 0 aliphatic rings. The van der Waals surface area contributed by atoms with E-state index >= 15 is 0 Å². The SMILES string of the molecule is CCS(=O)(=O)N(c1ccc([N+](=O)[O-])cc1C)C(C)C(=O)O. The van der Waals surface area contributed by atoms with Crippen LogP contribution in [0.2, 0.25) is 0 Å². The van der Waals surface area contributed by atoms with Gasteiger partial charge in [-0.2, -0.15) is 0 Å². The molecule has 8 nitrogen and oxygen atoms in total. The number of aryl methyl sites for hydroxylation is 1. The van der Waals surface area contributed by atoms with Crippen molar-refractivity contribution in [1.82, 2.24) is 0 Å². The maximum atomic E-state index is 12.1. The molecule has 0 fully saturated rings. The van der Waals surface area contributed by atoms with Crippen LogP contribution in [0.25, 0.3) is 0 Å². The van der Waals surface area contributed by atoms with Gasteiger partial charge in [0.25, 0.3) is 5.69 Å². The van der Waals surface area contributed by atoms with Crippen LogP contribution in [0.3, 0.4) is 0 Å². The Bertz CT molecular complexity index is 670. The van der Waals surface area contributed by atoms with Crippen molar-refractivity contribution in [3.8, 4) is 0 Å². The number of carboxylic acids is 1. The zero-order chi connectivity index (χ0) is 16.4. The topological polar surface area (TPSA) is 118 Å². The number of anilines is 1. The molecule has 0 saturated heterocycles. The van der Waals surface area contributed by atoms with Crippen molar-refractivity contribution in [3.05, 3.63) is 33.9 Å². The van der Waals surface area contributed by atoms with Crippen LogP contribution in [0.15, 0.2) is 18.2 Å². The van der Waals surface area contributed by atoms with Crippen LogP contribution in [0.1, 0.15) is 19.4 Å². The highest BCUT2D eigenvalue weighted by Crippen LogP contribution is 2.28. The third-order valence-electron chi connectivity index (χ3n) is 3.00. The highest BCUT2D eigenvalue weighted by atomic mass is 32.2. The van der Waals surface area contributed by atoms with Crippen LogP contribution in [0.4, 0.5) is 11.4 Å². The molecule has 0 radical (unpaired) electrons. The summed E-state index contributed by atoms with van der Waals surface area (Å²) in [5.41, 5.74) is 0.250. The molecule has 21 heavy (non-hydrogen) atoms. The maximum absolute atomic E-state index is 12.1. The Hall–Kier alpha value is -2.16. The molecule has 0 spiro atoms. The van der Waals surface area contributed by atoms with Crippen molar-refractivity contribution in [2.75, 3.05) is 10.1 Å². The Kier molecular flexibility index (Phi) is 4.89. The van der Waals surface area contributed by atoms with Gasteiger partial charge in [0.15, 0.2) is 0 Å². The largest absolute Gasteiger partial charge is 0.480 e. The zero-order valence-corrected chi connectivity index (χ0v) is 12.6. The van der Waals surface area contributed by atoms with Gasteiger partial charge in [0.1, 0.15) is 6.04 Å². The number of sulfonamides is 1. The summed E-state index contributed by atoms with van der Waals surface area (Å²) in [7, 11) is -3.83. The van der Waals surface area contributed by atoms with Crippen LogP contribution in [0, 0.1) is 17.0 Å². The summed E-state index contributed by atoms with van der Waals surface area (Å²) in [4.78, 5) is 21.3. The Morgan fingerprint density at radius 3 is 2.43 bits per heavy atom. The van der Waals surface area contributed by atoms with Crippen LogP contribution in [-0.2, 0) is 14.8 Å². The molecule has 1 aromatic rings. The van der Waals surface area contributed by atoms with E-state index in [9.17, 15) is 23.3 Å².